The Balaban J connectivity index is 2.32. The number of tetrazole rings is 1. The van der Waals surface area contributed by atoms with E-state index in [1.807, 2.05) is 49.1 Å². The lowest BCUT2D eigenvalue weighted by molar-refractivity contribution is -0.137. The van der Waals surface area contributed by atoms with Crippen LogP contribution in [0.5, 0.6) is 0 Å². The number of carbonyl (C=O) groups is 1. The molecule has 0 bridgehead atoms. The van der Waals surface area contributed by atoms with Crippen molar-refractivity contribution in [1.29, 1.82) is 0 Å². The SMILES string of the molecule is CCN(c1nnnn1-c1ccccc1)C(C)CC(=O)O. The number of carboxylic acid groups (broad SMARTS) is 1. The average molecular weight is 275 g/mol. The maximum Gasteiger partial charge on any atom is 0.305 e. The lowest BCUT2D eigenvalue weighted by Gasteiger charge is -2.27. The van der Waals surface area contributed by atoms with Crippen LogP contribution in [0.25, 0.3) is 5.69 Å². The molecule has 7 heteroatoms. The van der Waals surface area contributed by atoms with Crippen LogP contribution in [0.15, 0.2) is 30.3 Å². The van der Waals surface area contributed by atoms with Crippen molar-refractivity contribution in [3.05, 3.63) is 30.3 Å². The number of aromatic nitrogens is 4. The predicted molar refractivity (Wildman–Crippen MR) is 73.9 cm³/mol. The molecule has 20 heavy (non-hydrogen) atoms. The number of para-hydroxylation sites is 1. The Morgan fingerprint density at radius 1 is 1.40 bits per heavy atom. The fourth-order valence-electron chi connectivity index (χ4n) is 2.11. The third-order valence-corrected chi connectivity index (χ3v) is 3.05. The van der Waals surface area contributed by atoms with E-state index in [1.165, 1.54) is 0 Å². The normalized spacial score (nSPS) is 12.1. The fraction of sp³-hybridized carbons (Fsp3) is 0.385. The van der Waals surface area contributed by atoms with Crippen molar-refractivity contribution in [3.63, 3.8) is 0 Å². The molecule has 0 aliphatic heterocycles. The van der Waals surface area contributed by atoms with Gasteiger partial charge in [-0.2, -0.15) is 4.68 Å². The summed E-state index contributed by atoms with van der Waals surface area (Å²) < 4.78 is 1.61. The van der Waals surface area contributed by atoms with E-state index < -0.39 is 5.97 Å². The minimum atomic E-state index is -0.838. The Bertz CT molecular complexity index is 569. The maximum absolute atomic E-state index is 10.9. The molecule has 1 N–H and O–H groups in total. The molecule has 0 radical (unpaired) electrons. The number of anilines is 1. The van der Waals surface area contributed by atoms with Gasteiger partial charge in [0.25, 0.3) is 5.95 Å². The Morgan fingerprint density at radius 2 is 2.10 bits per heavy atom. The first kappa shape index (κ1) is 14.0. The number of nitrogens with zero attached hydrogens (tertiary/aromatic N) is 5. The quantitative estimate of drug-likeness (QED) is 0.856. The standard InChI is InChI=1S/C13H17N5O2/c1-3-17(10(2)9-12(19)20)13-14-15-16-18(13)11-7-5-4-6-8-11/h4-8,10H,3,9H2,1-2H3,(H,19,20). The van der Waals surface area contributed by atoms with Crippen molar-refractivity contribution < 1.29 is 9.90 Å². The summed E-state index contributed by atoms with van der Waals surface area (Å²) in [5.41, 5.74) is 0.841. The van der Waals surface area contributed by atoms with Gasteiger partial charge in [0, 0.05) is 12.6 Å². The highest BCUT2D eigenvalue weighted by Gasteiger charge is 2.21. The second-order valence-electron chi connectivity index (χ2n) is 4.46. The Labute approximate surface area is 116 Å². The largest absolute Gasteiger partial charge is 0.481 e. The Morgan fingerprint density at radius 3 is 2.70 bits per heavy atom. The highest BCUT2D eigenvalue weighted by Crippen LogP contribution is 2.18. The van der Waals surface area contributed by atoms with Crippen LogP contribution in [0.4, 0.5) is 5.95 Å². The molecule has 0 aliphatic rings. The molecule has 0 fully saturated rings. The molecule has 0 aliphatic carbocycles. The number of benzene rings is 1. The van der Waals surface area contributed by atoms with E-state index in [2.05, 4.69) is 15.5 Å². The van der Waals surface area contributed by atoms with Crippen LogP contribution in [-0.2, 0) is 4.79 Å². The van der Waals surface area contributed by atoms with E-state index in [9.17, 15) is 4.79 Å². The van der Waals surface area contributed by atoms with Crippen molar-refractivity contribution in [2.45, 2.75) is 26.3 Å². The summed E-state index contributed by atoms with van der Waals surface area (Å²) in [5.74, 6) is -0.290. The molecule has 0 saturated carbocycles. The second kappa shape index (κ2) is 6.14. The van der Waals surface area contributed by atoms with Crippen molar-refractivity contribution in [2.24, 2.45) is 0 Å². The van der Waals surface area contributed by atoms with E-state index in [1.54, 1.807) is 4.68 Å². The summed E-state index contributed by atoms with van der Waals surface area (Å²) in [6, 6.07) is 9.32. The topological polar surface area (TPSA) is 84.1 Å². The van der Waals surface area contributed by atoms with Crippen LogP contribution >= 0.6 is 0 Å². The van der Waals surface area contributed by atoms with Crippen molar-refractivity contribution >= 4 is 11.9 Å². The van der Waals surface area contributed by atoms with Crippen molar-refractivity contribution in [3.8, 4) is 5.69 Å². The van der Waals surface area contributed by atoms with Gasteiger partial charge in [-0.05, 0) is 36.4 Å². The average Bonchev–Trinajstić information content (AvgIpc) is 2.89. The van der Waals surface area contributed by atoms with Gasteiger partial charge in [-0.1, -0.05) is 23.3 Å². The van der Waals surface area contributed by atoms with Gasteiger partial charge >= 0.3 is 5.97 Å². The van der Waals surface area contributed by atoms with E-state index in [0.717, 1.165) is 5.69 Å². The van der Waals surface area contributed by atoms with Crippen LogP contribution < -0.4 is 4.90 Å². The molecule has 1 atom stereocenters. The lowest BCUT2D eigenvalue weighted by atomic mass is 10.2. The van der Waals surface area contributed by atoms with Gasteiger partial charge in [-0.15, -0.1) is 0 Å². The van der Waals surface area contributed by atoms with E-state index in [4.69, 9.17) is 5.11 Å². The zero-order valence-electron chi connectivity index (χ0n) is 11.5. The van der Waals surface area contributed by atoms with Gasteiger partial charge in [-0.25, -0.2) is 0 Å². The third-order valence-electron chi connectivity index (χ3n) is 3.05. The maximum atomic E-state index is 10.9. The number of hydrogen-bond acceptors (Lipinski definition) is 5. The fourth-order valence-corrected chi connectivity index (χ4v) is 2.11. The molecular weight excluding hydrogens is 258 g/mol. The van der Waals surface area contributed by atoms with Gasteiger partial charge in [0.1, 0.15) is 0 Å². The summed E-state index contributed by atoms with van der Waals surface area (Å²) in [5, 5.41) is 20.6. The second-order valence-corrected chi connectivity index (χ2v) is 4.46. The molecule has 2 aromatic rings. The highest BCUT2D eigenvalue weighted by atomic mass is 16.4. The number of aliphatic carboxylic acids is 1. The number of hydrogen-bond donors (Lipinski definition) is 1. The summed E-state index contributed by atoms with van der Waals surface area (Å²) in [6.07, 6.45) is 0.0372. The molecule has 2 rings (SSSR count). The molecule has 0 saturated heterocycles. The third kappa shape index (κ3) is 2.93. The number of rotatable bonds is 6. The van der Waals surface area contributed by atoms with Crippen LogP contribution in [-0.4, -0.2) is 43.9 Å². The zero-order valence-corrected chi connectivity index (χ0v) is 11.5. The van der Waals surface area contributed by atoms with Crippen LogP contribution in [0.3, 0.4) is 0 Å². The summed E-state index contributed by atoms with van der Waals surface area (Å²) >= 11 is 0. The van der Waals surface area contributed by atoms with Crippen LogP contribution in [0.2, 0.25) is 0 Å². The molecular formula is C13H17N5O2. The van der Waals surface area contributed by atoms with Gasteiger partial charge < -0.3 is 10.0 Å². The van der Waals surface area contributed by atoms with E-state index >= 15 is 0 Å². The van der Waals surface area contributed by atoms with Gasteiger partial charge in [0.2, 0.25) is 0 Å². The minimum absolute atomic E-state index is 0.0372. The molecule has 0 amide bonds. The lowest BCUT2D eigenvalue weighted by Crippen LogP contribution is -2.36. The molecule has 1 aromatic carbocycles. The molecule has 1 heterocycles. The molecule has 1 unspecified atom stereocenters. The van der Waals surface area contributed by atoms with Gasteiger partial charge in [0.05, 0.1) is 12.1 Å². The highest BCUT2D eigenvalue weighted by molar-refractivity contribution is 5.68. The summed E-state index contributed by atoms with van der Waals surface area (Å²) in [7, 11) is 0. The first-order valence-corrected chi connectivity index (χ1v) is 6.45. The molecule has 0 spiro atoms. The van der Waals surface area contributed by atoms with E-state index in [-0.39, 0.29) is 12.5 Å². The van der Waals surface area contributed by atoms with Gasteiger partial charge in [0.15, 0.2) is 0 Å². The number of carboxylic acids is 1. The smallest absolute Gasteiger partial charge is 0.305 e. The minimum Gasteiger partial charge on any atom is -0.481 e. The van der Waals surface area contributed by atoms with Crippen molar-refractivity contribution in [1.82, 2.24) is 20.2 Å². The molecule has 7 nitrogen and oxygen atoms in total. The molecule has 1 aromatic heterocycles. The first-order valence-electron chi connectivity index (χ1n) is 6.45. The van der Waals surface area contributed by atoms with Crippen molar-refractivity contribution in [2.75, 3.05) is 11.4 Å². The van der Waals surface area contributed by atoms with Crippen LogP contribution in [0, 0.1) is 0 Å². The summed E-state index contributed by atoms with van der Waals surface area (Å²) in [4.78, 5) is 12.7. The predicted octanol–water partition coefficient (Wildman–Crippen LogP) is 1.35. The first-order chi connectivity index (χ1) is 9.63. The van der Waals surface area contributed by atoms with Gasteiger partial charge in [-0.3, -0.25) is 4.79 Å². The molecule has 106 valence electrons. The van der Waals surface area contributed by atoms with Crippen LogP contribution in [0.1, 0.15) is 20.3 Å². The Hall–Kier alpha value is -2.44. The summed E-state index contributed by atoms with van der Waals surface area (Å²) in [6.45, 7) is 4.42. The Kier molecular flexibility index (Phi) is 4.29. The zero-order chi connectivity index (χ0) is 14.5. The van der Waals surface area contributed by atoms with E-state index in [0.29, 0.717) is 12.5 Å². The monoisotopic (exact) mass is 275 g/mol.